The Morgan fingerprint density at radius 1 is 0.462 bits per heavy atom. The molecule has 10 aromatic rings. The van der Waals surface area contributed by atoms with Crippen molar-refractivity contribution in [2.24, 2.45) is 23.7 Å². The van der Waals surface area contributed by atoms with Crippen molar-refractivity contribution in [3.8, 4) is 56.3 Å². The Bertz CT molecular complexity index is 5930. The highest BCUT2D eigenvalue weighted by Crippen LogP contribution is 2.48. The van der Waals surface area contributed by atoms with Gasteiger partial charge in [-0.25, -0.2) is 48.7 Å². The number of aromatic amines is 4. The number of rotatable bonds is 20. The van der Waals surface area contributed by atoms with Crippen molar-refractivity contribution < 1.29 is 90.9 Å². The van der Waals surface area contributed by atoms with Crippen molar-refractivity contribution in [3.63, 3.8) is 0 Å². The van der Waals surface area contributed by atoms with Crippen molar-refractivity contribution in [3.05, 3.63) is 132 Å². The average molecular weight is 1790 g/mol. The first kappa shape index (κ1) is 93.1. The lowest BCUT2D eigenvalue weighted by Crippen LogP contribution is -2.54. The topological polar surface area (TPSA) is 433 Å². The van der Waals surface area contributed by atoms with Crippen LogP contribution in [0.3, 0.4) is 0 Å². The average Bonchev–Trinajstić information content (AvgIpc) is 1.54. The number of carbonyl (C=O) groups excluding carboxylic acids is 8. The van der Waals surface area contributed by atoms with Gasteiger partial charge in [-0.1, -0.05) is 77.9 Å². The van der Waals surface area contributed by atoms with Crippen molar-refractivity contribution in [1.29, 1.82) is 0 Å². The fourth-order valence-corrected chi connectivity index (χ4v) is 18.5. The minimum absolute atomic E-state index is 0.0138. The standard InChI is InChI=1S/C45H54N8O8.C43H51N7O6.C7H13NO5/c1-22(2)37(50-44(56)59-7)43(55)53-24(4)9-14-34(53)41-47-32-13-11-26-17-31-29-12-10-27(16-28(29)21-61-36(31)18-30(26)39(32)49-41)33-19-46-40(48-33)35-15-23(3)20-52(35)42(54)38(25(5)58-6)51-45(57)60-8;1-22(2)36(48-41(52)54-8)40(51)50-24(4)9-14-33(50)39-45-31-13-11-25-17-30-28-12-10-26(16-27(28)21-55-35(30)18-29(25)37(31)47-39)32-19-44-38(46-32)34-15-23(3)20-49(34)42(53)56-43(5,6)7;1-4(12-2)5(6(9)10)8-7(11)13-3/h10-13,16-19,22-25,34-35,37-38H,9,14-15,20-21H2,1-8H3,(H,46,48)(H,47,49)(H,50,56)(H,51,57);10-13,16-19,22-24,33-34,36H,9,14-15,20-21H2,1-8H3,(H,44,46)(H,45,47)(H,48,52);4-5H,1-3H3,(H,8,11)(H,9,10)/t23-,24-,25+,34-,35?,37-,38-;23-,24-,33-,34?,36-;4-,5+/m001/s1. The highest BCUT2D eigenvalue weighted by Gasteiger charge is 2.46. The van der Waals surface area contributed by atoms with Gasteiger partial charge < -0.3 is 104 Å². The SMILES string of the molecule is COC(=O)N[C@H](C(=O)N1[C@@H](C)CC[C@H]1c1nc2c(ccc3cc4c(cc32)OCc2cc(-c3cnc(C5C[C@H](C)CN5C(=O)OC(C)(C)C)[nH]3)ccc2-4)[nH]1)C(C)C.COC(=O)N[C@H](C(=O)N1[C@@H](C)CC[C@H]1c1nc2c(ccc3cc4c(cc32)OCc2cc(-c3cnc(C5C[C@H](C)CN5C(=O)[C@@H](NC(=O)OC)[C@@H](C)OC)[nH]3)ccc2-4)[nH]1)C(C)C.COC(=O)N[C@H](C(=O)O)[C@@H](C)OC. The van der Waals surface area contributed by atoms with Crippen LogP contribution in [0.15, 0.2) is 97.3 Å². The van der Waals surface area contributed by atoms with E-state index in [0.717, 1.165) is 162 Å². The van der Waals surface area contributed by atoms with E-state index in [0.29, 0.717) is 50.3 Å². The van der Waals surface area contributed by atoms with Crippen molar-refractivity contribution in [2.75, 3.05) is 55.7 Å². The Kier molecular flexibility index (Phi) is 27.7. The zero-order valence-electron chi connectivity index (χ0n) is 76.9. The Labute approximate surface area is 753 Å². The Morgan fingerprint density at radius 3 is 1.26 bits per heavy atom. The summed E-state index contributed by atoms with van der Waals surface area (Å²) in [6, 6.07) is 24.8. The second-order valence-corrected chi connectivity index (χ2v) is 36.4. The normalized spacial score (nSPS) is 20.5. The molecular weight excluding hydrogens is 1670 g/mol. The molecule has 6 aliphatic heterocycles. The molecule has 9 N–H and O–H groups in total. The van der Waals surface area contributed by atoms with Crippen LogP contribution in [0.4, 0.5) is 24.0 Å². The van der Waals surface area contributed by atoms with E-state index >= 15 is 0 Å². The first-order valence-electron chi connectivity index (χ1n) is 44.2. The Balaban J connectivity index is 0.000000185. The van der Waals surface area contributed by atoms with Crippen LogP contribution < -0.4 is 30.7 Å². The summed E-state index contributed by atoms with van der Waals surface area (Å²) >= 11 is 0. The number of carbonyl (C=O) groups is 9. The second-order valence-electron chi connectivity index (χ2n) is 36.4. The van der Waals surface area contributed by atoms with E-state index in [1.807, 2.05) is 90.4 Å². The number of likely N-dealkylation sites (tertiary alicyclic amines) is 4. The zero-order valence-corrected chi connectivity index (χ0v) is 76.9. The second kappa shape index (κ2) is 38.7. The maximum atomic E-state index is 14.0. The molecule has 0 bridgehead atoms. The molecule has 2 unspecified atom stereocenters. The maximum Gasteiger partial charge on any atom is 0.410 e. The van der Waals surface area contributed by atoms with Gasteiger partial charge in [0, 0.05) is 61.3 Å². The van der Waals surface area contributed by atoms with E-state index in [4.69, 9.17) is 62.9 Å². The van der Waals surface area contributed by atoms with E-state index in [9.17, 15) is 43.2 Å². The van der Waals surface area contributed by atoms with Crippen LogP contribution in [0, 0.1) is 23.7 Å². The first-order valence-corrected chi connectivity index (χ1v) is 44.2. The van der Waals surface area contributed by atoms with E-state index in [1.165, 1.54) is 42.5 Å². The number of ether oxygens (including phenoxy) is 9. The molecular formula is C95H118N16O19. The number of benzene rings is 6. The minimum Gasteiger partial charge on any atom is -0.488 e. The van der Waals surface area contributed by atoms with Gasteiger partial charge in [-0.15, -0.1) is 0 Å². The molecule has 0 aliphatic carbocycles. The molecule has 0 saturated carbocycles. The van der Waals surface area contributed by atoms with Crippen LogP contribution in [-0.2, 0) is 65.5 Å². The molecule has 4 saturated heterocycles. The smallest absolute Gasteiger partial charge is 0.410 e. The predicted octanol–water partition coefficient (Wildman–Crippen LogP) is 15.0. The number of nitrogens with one attached hydrogen (secondary N) is 8. The van der Waals surface area contributed by atoms with Gasteiger partial charge in [0.25, 0.3) is 0 Å². The summed E-state index contributed by atoms with van der Waals surface area (Å²) in [5, 5.41) is 22.9. The summed E-state index contributed by atoms with van der Waals surface area (Å²) in [5.74, 6) is 2.98. The molecule has 130 heavy (non-hydrogen) atoms. The molecule has 16 rings (SSSR count). The number of H-pyrrole nitrogens is 4. The number of carboxylic acids is 1. The summed E-state index contributed by atoms with van der Waals surface area (Å²) in [6.07, 6.45) is 4.04. The van der Waals surface area contributed by atoms with Gasteiger partial charge in [-0.2, -0.15) is 0 Å². The third-order valence-electron chi connectivity index (χ3n) is 25.5. The third-order valence-corrected chi connectivity index (χ3v) is 25.5. The van der Waals surface area contributed by atoms with E-state index in [-0.39, 0.29) is 77.8 Å². The zero-order chi connectivity index (χ0) is 93.3. The maximum absolute atomic E-state index is 14.0. The Morgan fingerprint density at radius 2 is 0.862 bits per heavy atom. The first-order chi connectivity index (χ1) is 62.0. The van der Waals surface area contributed by atoms with Gasteiger partial charge in [0.1, 0.15) is 71.7 Å². The summed E-state index contributed by atoms with van der Waals surface area (Å²) < 4.78 is 47.5. The number of hydrogen-bond acceptors (Lipinski definition) is 22. The molecule has 0 radical (unpaired) electrons. The fourth-order valence-electron chi connectivity index (χ4n) is 18.5. The molecule has 4 aromatic heterocycles. The number of fused-ring (bicyclic) bond motifs is 12. The molecule has 10 heterocycles. The molecule has 35 nitrogen and oxygen atoms in total. The van der Waals surface area contributed by atoms with Crippen molar-refractivity contribution in [1.82, 2.24) is 80.7 Å². The molecule has 692 valence electrons. The van der Waals surface area contributed by atoms with Crippen molar-refractivity contribution >= 4 is 97.8 Å². The minimum atomic E-state index is -1.17. The number of methoxy groups -OCH3 is 6. The Hall–Kier alpha value is -13.1. The van der Waals surface area contributed by atoms with Gasteiger partial charge in [0.05, 0.1) is 111 Å². The largest absolute Gasteiger partial charge is 0.488 e. The lowest BCUT2D eigenvalue weighted by molar-refractivity contribution is -0.142. The quantitative estimate of drug-likeness (QED) is 0.0320. The van der Waals surface area contributed by atoms with E-state index in [1.54, 1.807) is 22.9 Å². The lowest BCUT2D eigenvalue weighted by atomic mass is 9.92. The summed E-state index contributed by atoms with van der Waals surface area (Å²) in [5.41, 5.74) is 12.7. The van der Waals surface area contributed by atoms with Crippen LogP contribution >= 0.6 is 0 Å². The molecule has 6 aromatic carbocycles. The monoisotopic (exact) mass is 1790 g/mol. The van der Waals surface area contributed by atoms with Gasteiger partial charge in [-0.05, 0) is 203 Å². The summed E-state index contributed by atoms with van der Waals surface area (Å²) in [6.45, 7) is 26.8. The number of hydrogen-bond donors (Lipinski definition) is 9. The van der Waals surface area contributed by atoms with Crippen molar-refractivity contribution in [2.45, 2.75) is 220 Å². The predicted molar refractivity (Wildman–Crippen MR) is 484 cm³/mol. The highest BCUT2D eigenvalue weighted by atomic mass is 16.6. The van der Waals surface area contributed by atoms with Crippen LogP contribution in [0.5, 0.6) is 11.5 Å². The number of amides is 8. The third kappa shape index (κ3) is 19.3. The highest BCUT2D eigenvalue weighted by molar-refractivity contribution is 6.08. The summed E-state index contributed by atoms with van der Waals surface area (Å²) in [4.78, 5) is 154. The van der Waals surface area contributed by atoms with Gasteiger partial charge >= 0.3 is 36.4 Å². The van der Waals surface area contributed by atoms with E-state index in [2.05, 4.69) is 133 Å². The number of aliphatic carboxylic acids is 1. The molecule has 35 heteroatoms. The van der Waals surface area contributed by atoms with Crippen LogP contribution in [0.25, 0.3) is 88.4 Å². The number of imidazole rings is 4. The van der Waals surface area contributed by atoms with Gasteiger partial charge in [-0.3, -0.25) is 19.3 Å². The van der Waals surface area contributed by atoms with Gasteiger partial charge in [0.15, 0.2) is 6.04 Å². The number of nitrogens with zero attached hydrogens (tertiary/aromatic N) is 8. The van der Waals surface area contributed by atoms with Crippen LogP contribution in [0.2, 0.25) is 0 Å². The van der Waals surface area contributed by atoms with E-state index < -0.39 is 72.3 Å². The molecule has 14 atom stereocenters. The molecule has 0 spiro atoms. The number of aromatic nitrogens is 8. The van der Waals surface area contributed by atoms with Crippen LogP contribution in [0.1, 0.15) is 187 Å². The lowest BCUT2D eigenvalue weighted by Gasteiger charge is -2.32. The molecule has 6 aliphatic rings. The molecule has 8 amide bonds. The summed E-state index contributed by atoms with van der Waals surface area (Å²) in [7, 11) is 7.87. The number of carboxylic acid groups (broad SMARTS) is 1. The number of alkyl carbamates (subject to hydrolysis) is 4. The fraction of sp³-hybridized carbons (Fsp3) is 0.484. The van der Waals surface area contributed by atoms with Crippen LogP contribution in [-0.4, -0.2) is 229 Å². The molecule has 4 fully saturated rings. The van der Waals surface area contributed by atoms with Gasteiger partial charge in [0.2, 0.25) is 17.7 Å².